The maximum Gasteiger partial charge on any atom is 0.411 e. The number of benzene rings is 1. The number of piperazine rings is 1. The normalized spacial score (nSPS) is 15.7. The fourth-order valence-corrected chi connectivity index (χ4v) is 2.78. The minimum absolute atomic E-state index is 0.142. The number of carbonyl (C=O) groups excluding carboxylic acids is 2. The van der Waals surface area contributed by atoms with Gasteiger partial charge in [0.05, 0.1) is 6.54 Å². The molecule has 0 spiro atoms. The van der Waals surface area contributed by atoms with Gasteiger partial charge in [0, 0.05) is 31.9 Å². The second kappa shape index (κ2) is 9.18. The first-order chi connectivity index (χ1) is 12.7. The molecule has 0 aromatic heterocycles. The molecule has 1 fully saturated rings. The number of ether oxygens (including phenoxy) is 1. The summed E-state index contributed by atoms with van der Waals surface area (Å²) in [5, 5.41) is 2.89. The predicted octanol–water partition coefficient (Wildman–Crippen LogP) is 1.97. The van der Waals surface area contributed by atoms with Gasteiger partial charge in [-0.05, 0) is 31.0 Å². The molecule has 0 atom stereocenters. The van der Waals surface area contributed by atoms with Crippen molar-refractivity contribution in [2.45, 2.75) is 20.0 Å². The predicted molar refractivity (Wildman–Crippen MR) is 94.4 cm³/mol. The van der Waals surface area contributed by atoms with Crippen LogP contribution in [0.2, 0.25) is 0 Å². The summed E-state index contributed by atoms with van der Waals surface area (Å²) in [5.41, 5.74) is 2.88. The van der Waals surface area contributed by atoms with Crippen molar-refractivity contribution < 1.29 is 27.5 Å². The van der Waals surface area contributed by atoms with E-state index in [-0.39, 0.29) is 12.5 Å². The van der Waals surface area contributed by atoms with Crippen molar-refractivity contribution >= 4 is 17.5 Å². The zero-order valence-electron chi connectivity index (χ0n) is 15.4. The van der Waals surface area contributed by atoms with Crippen LogP contribution in [0.1, 0.15) is 11.1 Å². The molecule has 1 aromatic carbocycles. The van der Waals surface area contributed by atoms with E-state index >= 15 is 0 Å². The number of carbonyl (C=O) groups is 2. The Morgan fingerprint density at radius 3 is 2.44 bits per heavy atom. The highest BCUT2D eigenvalue weighted by Crippen LogP contribution is 2.18. The van der Waals surface area contributed by atoms with E-state index in [1.54, 1.807) is 0 Å². The van der Waals surface area contributed by atoms with Gasteiger partial charge in [0.15, 0.2) is 0 Å². The van der Waals surface area contributed by atoms with E-state index in [2.05, 4.69) is 10.1 Å². The molecule has 150 valence electrons. The summed E-state index contributed by atoms with van der Waals surface area (Å²) in [7, 11) is 0. The molecule has 2 rings (SSSR count). The van der Waals surface area contributed by atoms with Crippen LogP contribution in [0.25, 0.3) is 0 Å². The highest BCUT2D eigenvalue weighted by molar-refractivity contribution is 5.93. The molecule has 0 aliphatic carbocycles. The van der Waals surface area contributed by atoms with Crippen molar-refractivity contribution in [3.63, 3.8) is 0 Å². The number of amides is 2. The van der Waals surface area contributed by atoms with Gasteiger partial charge in [-0.1, -0.05) is 12.1 Å². The fourth-order valence-electron chi connectivity index (χ4n) is 2.78. The van der Waals surface area contributed by atoms with Gasteiger partial charge in [-0.25, -0.2) is 0 Å². The fraction of sp³-hybridized carbons (Fsp3) is 0.556. The maximum atomic E-state index is 12.2. The lowest BCUT2D eigenvalue weighted by molar-refractivity contribution is -0.178. The van der Waals surface area contributed by atoms with Gasteiger partial charge in [-0.3, -0.25) is 14.5 Å². The standard InChI is InChI=1S/C18H24F3N3O3/c1-13-4-3-5-15(14(13)2)22-16(25)10-23-6-8-24(9-7-23)17(26)11-27-12-18(19,20)21/h3-5H,6-12H2,1-2H3,(H,22,25). The zero-order chi connectivity index (χ0) is 20.0. The highest BCUT2D eigenvalue weighted by atomic mass is 19.4. The molecule has 0 radical (unpaired) electrons. The van der Waals surface area contributed by atoms with Crippen molar-refractivity contribution in [2.24, 2.45) is 0 Å². The molecule has 1 heterocycles. The van der Waals surface area contributed by atoms with Crippen LogP contribution in [0.3, 0.4) is 0 Å². The molecular weight excluding hydrogens is 363 g/mol. The van der Waals surface area contributed by atoms with Gasteiger partial charge in [0.25, 0.3) is 0 Å². The molecule has 9 heteroatoms. The van der Waals surface area contributed by atoms with Crippen molar-refractivity contribution in [3.05, 3.63) is 29.3 Å². The van der Waals surface area contributed by atoms with Crippen LogP contribution in [0.5, 0.6) is 0 Å². The number of nitrogens with zero attached hydrogens (tertiary/aromatic N) is 2. The third-order valence-electron chi connectivity index (χ3n) is 4.46. The molecule has 0 bridgehead atoms. The van der Waals surface area contributed by atoms with Crippen molar-refractivity contribution in [3.8, 4) is 0 Å². The number of nitrogens with one attached hydrogen (secondary N) is 1. The van der Waals surface area contributed by atoms with E-state index in [1.165, 1.54) is 4.90 Å². The van der Waals surface area contributed by atoms with Gasteiger partial charge in [0.2, 0.25) is 11.8 Å². The minimum atomic E-state index is -4.44. The summed E-state index contributed by atoms with van der Waals surface area (Å²) >= 11 is 0. The number of aryl methyl sites for hydroxylation is 1. The minimum Gasteiger partial charge on any atom is -0.362 e. The van der Waals surface area contributed by atoms with Gasteiger partial charge in [-0.2, -0.15) is 13.2 Å². The highest BCUT2D eigenvalue weighted by Gasteiger charge is 2.29. The first kappa shape index (κ1) is 21.2. The van der Waals surface area contributed by atoms with E-state index in [0.29, 0.717) is 26.2 Å². The molecule has 1 saturated heterocycles. The van der Waals surface area contributed by atoms with Crippen LogP contribution in [0.15, 0.2) is 18.2 Å². The van der Waals surface area contributed by atoms with E-state index in [1.807, 2.05) is 36.9 Å². The van der Waals surface area contributed by atoms with Crippen molar-refractivity contribution in [1.29, 1.82) is 0 Å². The van der Waals surface area contributed by atoms with Gasteiger partial charge < -0.3 is 15.0 Å². The molecule has 1 aliphatic heterocycles. The molecular formula is C18H24F3N3O3. The Bertz CT molecular complexity index is 672. The number of hydrogen-bond donors (Lipinski definition) is 1. The summed E-state index contributed by atoms with van der Waals surface area (Å²) < 4.78 is 40.5. The number of hydrogen-bond acceptors (Lipinski definition) is 4. The quantitative estimate of drug-likeness (QED) is 0.811. The monoisotopic (exact) mass is 387 g/mol. The van der Waals surface area contributed by atoms with Crippen LogP contribution < -0.4 is 5.32 Å². The lowest BCUT2D eigenvalue weighted by atomic mass is 10.1. The molecule has 2 amide bonds. The first-order valence-electron chi connectivity index (χ1n) is 8.66. The SMILES string of the molecule is Cc1cccc(NC(=O)CN2CCN(C(=O)COCC(F)(F)F)CC2)c1C. The van der Waals surface area contributed by atoms with Crippen LogP contribution in [0, 0.1) is 13.8 Å². The number of alkyl halides is 3. The summed E-state index contributed by atoms with van der Waals surface area (Å²) in [6.07, 6.45) is -4.44. The Labute approximate surface area is 156 Å². The van der Waals surface area contributed by atoms with E-state index < -0.39 is 25.3 Å². The second-order valence-corrected chi connectivity index (χ2v) is 6.56. The summed E-state index contributed by atoms with van der Waals surface area (Å²) in [4.78, 5) is 27.5. The van der Waals surface area contributed by atoms with Crippen LogP contribution in [-0.4, -0.2) is 73.7 Å². The van der Waals surface area contributed by atoms with Gasteiger partial charge >= 0.3 is 6.18 Å². The summed E-state index contributed by atoms with van der Waals surface area (Å²) in [5.74, 6) is -0.615. The Kier molecular flexibility index (Phi) is 7.20. The summed E-state index contributed by atoms with van der Waals surface area (Å²) in [6, 6.07) is 5.70. The third-order valence-corrected chi connectivity index (χ3v) is 4.46. The smallest absolute Gasteiger partial charge is 0.362 e. The Morgan fingerprint density at radius 1 is 1.15 bits per heavy atom. The Balaban J connectivity index is 1.73. The Hall–Kier alpha value is -2.13. The maximum absolute atomic E-state index is 12.2. The molecule has 1 N–H and O–H groups in total. The van der Waals surface area contributed by atoms with Crippen LogP contribution in [0.4, 0.5) is 18.9 Å². The van der Waals surface area contributed by atoms with E-state index in [0.717, 1.165) is 16.8 Å². The lowest BCUT2D eigenvalue weighted by Gasteiger charge is -2.34. The zero-order valence-corrected chi connectivity index (χ0v) is 15.4. The van der Waals surface area contributed by atoms with Crippen molar-refractivity contribution in [2.75, 3.05) is 51.3 Å². The molecule has 1 aliphatic rings. The molecule has 27 heavy (non-hydrogen) atoms. The van der Waals surface area contributed by atoms with Crippen LogP contribution >= 0.6 is 0 Å². The molecule has 1 aromatic rings. The Morgan fingerprint density at radius 2 is 1.81 bits per heavy atom. The first-order valence-corrected chi connectivity index (χ1v) is 8.66. The molecule has 0 saturated carbocycles. The topological polar surface area (TPSA) is 61.9 Å². The molecule has 0 unspecified atom stereocenters. The third kappa shape index (κ3) is 6.84. The second-order valence-electron chi connectivity index (χ2n) is 6.56. The van der Waals surface area contributed by atoms with E-state index in [9.17, 15) is 22.8 Å². The number of halogens is 3. The van der Waals surface area contributed by atoms with Crippen LogP contribution in [-0.2, 0) is 14.3 Å². The van der Waals surface area contributed by atoms with Gasteiger partial charge in [-0.15, -0.1) is 0 Å². The largest absolute Gasteiger partial charge is 0.411 e. The molecule has 6 nitrogen and oxygen atoms in total. The average molecular weight is 387 g/mol. The van der Waals surface area contributed by atoms with Crippen molar-refractivity contribution in [1.82, 2.24) is 9.80 Å². The van der Waals surface area contributed by atoms with E-state index in [4.69, 9.17) is 0 Å². The number of anilines is 1. The summed E-state index contributed by atoms with van der Waals surface area (Å²) in [6.45, 7) is 3.74. The lowest BCUT2D eigenvalue weighted by Crippen LogP contribution is -2.51. The number of rotatable bonds is 6. The van der Waals surface area contributed by atoms with Gasteiger partial charge in [0.1, 0.15) is 13.2 Å². The average Bonchev–Trinajstić information content (AvgIpc) is 2.58.